The Kier molecular flexibility index (Phi) is 98.9. The highest BCUT2D eigenvalue weighted by atomic mass is 16.5. The topological polar surface area (TPSA) is 122 Å². The number of hydrogen-bond donors (Lipinski definition) is 1. The summed E-state index contributed by atoms with van der Waals surface area (Å²) in [5.41, 5.74) is 5.97. The van der Waals surface area contributed by atoms with Crippen LogP contribution in [0, 0.1) is 82.2 Å². The van der Waals surface area contributed by atoms with Crippen LogP contribution in [0.25, 0.3) is 0 Å². The fourth-order valence-corrected chi connectivity index (χ4v) is 9.92. The van der Waals surface area contributed by atoms with Gasteiger partial charge in [0.1, 0.15) is 0 Å². The van der Waals surface area contributed by atoms with E-state index in [1.165, 1.54) is 141 Å². The molecule has 1 aliphatic heterocycles. The summed E-state index contributed by atoms with van der Waals surface area (Å²) in [5, 5.41) is 8.40. The van der Waals surface area contributed by atoms with Gasteiger partial charge in [0.15, 0.2) is 0 Å². The maximum Gasteiger partial charge on any atom is 0.0700 e. The van der Waals surface area contributed by atoms with Gasteiger partial charge in [-0.3, -0.25) is 0 Å². The Morgan fingerprint density at radius 1 is 0.269 bits per heavy atom. The van der Waals surface area contributed by atoms with Crippen LogP contribution in [0.4, 0.5) is 0 Å². The monoisotopic (exact) mass is 1710 g/mol. The maximum absolute atomic E-state index is 8.40. The zero-order valence-corrected chi connectivity index (χ0v) is 92.2. The largest absolute Gasteiger partial charge is 0.396 e. The Morgan fingerprint density at radius 2 is 0.546 bits per heavy atom. The average molecular weight is 1720 g/mol. The minimum absolute atomic E-state index is 0.300. The zero-order chi connectivity index (χ0) is 96.0. The second kappa shape index (κ2) is 83.2. The third-order valence-electron chi connectivity index (χ3n) is 18.4. The smallest absolute Gasteiger partial charge is 0.0700 e. The molecular formula is C107H236O12. The third kappa shape index (κ3) is 200. The Balaban J connectivity index is -0.000000118. The number of rotatable bonds is 35. The van der Waals surface area contributed by atoms with E-state index >= 15 is 0 Å². The summed E-state index contributed by atoms with van der Waals surface area (Å²) >= 11 is 0. The lowest BCUT2D eigenvalue weighted by atomic mass is 9.81. The van der Waals surface area contributed by atoms with Crippen molar-refractivity contribution in [3.05, 3.63) is 0 Å². The predicted octanol–water partition coefficient (Wildman–Crippen LogP) is 32.9. The molecule has 2 aliphatic rings. The minimum atomic E-state index is 0.300. The summed E-state index contributed by atoms with van der Waals surface area (Å²) < 4.78 is 55.5. The molecule has 1 aliphatic carbocycles. The van der Waals surface area contributed by atoms with Crippen molar-refractivity contribution in [1.82, 2.24) is 0 Å². The van der Waals surface area contributed by atoms with Gasteiger partial charge >= 0.3 is 0 Å². The van der Waals surface area contributed by atoms with Crippen molar-refractivity contribution in [3.63, 3.8) is 0 Å². The van der Waals surface area contributed by atoms with Crippen LogP contribution in [0.3, 0.4) is 0 Å². The molecular weight excluding hydrogens is 1480 g/mol. The summed E-state index contributed by atoms with van der Waals surface area (Å²) in [7, 11) is 14.0. The second-order valence-corrected chi connectivity index (χ2v) is 49.6. The lowest BCUT2D eigenvalue weighted by Gasteiger charge is -2.28. The van der Waals surface area contributed by atoms with Crippen LogP contribution in [-0.2, 0) is 52.1 Å². The Labute approximate surface area is 755 Å². The molecule has 0 bridgehead atoms. The van der Waals surface area contributed by atoms with Crippen LogP contribution >= 0.6 is 0 Å². The lowest BCUT2D eigenvalue weighted by Crippen LogP contribution is -2.20. The molecule has 1 saturated carbocycles. The molecule has 0 aromatic carbocycles. The third-order valence-corrected chi connectivity index (χ3v) is 18.4. The summed E-state index contributed by atoms with van der Waals surface area (Å²) in [6, 6.07) is 0. The number of unbranched alkanes of at least 4 members (excludes halogenated alkanes) is 3. The van der Waals surface area contributed by atoms with Crippen molar-refractivity contribution in [3.8, 4) is 0 Å². The second-order valence-electron chi connectivity index (χ2n) is 49.6. The van der Waals surface area contributed by atoms with E-state index in [2.05, 4.69) is 284 Å². The molecule has 0 radical (unpaired) electrons. The highest BCUT2D eigenvalue weighted by Gasteiger charge is 2.24. The van der Waals surface area contributed by atoms with Gasteiger partial charge in [0.25, 0.3) is 0 Å². The molecule has 1 N–H and O–H groups in total. The molecule has 1 heterocycles. The molecule has 0 spiro atoms. The molecule has 119 heavy (non-hydrogen) atoms. The number of ether oxygens (including phenoxy) is 11. The quantitative estimate of drug-likeness (QED) is 0.0608. The average Bonchev–Trinajstić information content (AvgIpc) is 1.82. The molecule has 2 fully saturated rings. The van der Waals surface area contributed by atoms with Crippen LogP contribution in [0.15, 0.2) is 0 Å². The summed E-state index contributed by atoms with van der Waals surface area (Å²) in [6.45, 7) is 106. The fourth-order valence-electron chi connectivity index (χ4n) is 9.92. The standard InChI is InChI=1S/C10H20O.C9H20O2.3C9H20O.C9H18.3C8H18O.C8H18.2C7H16O.C6H14O/c1-10(2,3)8-9-4-6-11-7-5-9;1-9(2,3)5-6-11-8-7-10-4;1-8(10-5)6-7-9(2,3)4;2*1-9(2,3)7-5-6-8-10-4;1-9(2,3)7-6-8-4-5-8;2*1-8(2,3)6-5-7-9-4;1-5-9-7-6-8(2,3)4;1-5-6-7-8(2,3)4;2*1-7(2,3)5-6-8-4;1-6(2,3)4-5-7/h9H,4-8H2,1-3H3;5-8H2,1-4H3;8H,6-7H2,1-5H3;2*5-8H2,1-4H3;8H,4-7H2,1-3H3;3*5-7H2,1-4H3;5-7H2,1-4H3;2*5-6H2,1-4H3;7H,4-5H2,1-3H3. The first kappa shape index (κ1) is 142. The van der Waals surface area contributed by atoms with Crippen LogP contribution in [-0.4, -0.2) is 161 Å². The van der Waals surface area contributed by atoms with Crippen molar-refractivity contribution in [2.24, 2.45) is 82.2 Å². The van der Waals surface area contributed by atoms with Gasteiger partial charge in [0, 0.05) is 136 Å². The van der Waals surface area contributed by atoms with Gasteiger partial charge in [0.2, 0.25) is 0 Å². The molecule has 12 heteroatoms. The predicted molar refractivity (Wildman–Crippen MR) is 535 cm³/mol. The van der Waals surface area contributed by atoms with E-state index < -0.39 is 0 Å². The maximum atomic E-state index is 8.40. The molecule has 736 valence electrons. The normalized spacial score (nSPS) is 13.8. The lowest BCUT2D eigenvalue weighted by molar-refractivity contribution is 0.0532. The molecule has 2 rings (SSSR count). The van der Waals surface area contributed by atoms with Crippen LogP contribution in [0.1, 0.15) is 464 Å². The van der Waals surface area contributed by atoms with Gasteiger partial charge in [0.05, 0.1) is 19.3 Å². The molecule has 0 aromatic rings. The van der Waals surface area contributed by atoms with Crippen molar-refractivity contribution >= 4 is 0 Å². The Morgan fingerprint density at radius 3 is 0.773 bits per heavy atom. The Bertz CT molecular complexity index is 1790. The van der Waals surface area contributed by atoms with E-state index in [4.69, 9.17) is 57.2 Å². The van der Waals surface area contributed by atoms with E-state index in [0.29, 0.717) is 96.3 Å². The number of hydrogen-bond acceptors (Lipinski definition) is 12. The van der Waals surface area contributed by atoms with Crippen molar-refractivity contribution in [1.29, 1.82) is 0 Å². The van der Waals surface area contributed by atoms with Gasteiger partial charge < -0.3 is 57.2 Å². The summed E-state index contributed by atoms with van der Waals surface area (Å²) in [6.07, 6.45) is 34.6. The minimum Gasteiger partial charge on any atom is -0.396 e. The van der Waals surface area contributed by atoms with Gasteiger partial charge in [-0.15, -0.1) is 0 Å². The molecule has 0 aromatic heterocycles. The van der Waals surface area contributed by atoms with Gasteiger partial charge in [-0.25, -0.2) is 0 Å². The highest BCUT2D eigenvalue weighted by Crippen LogP contribution is 2.37. The van der Waals surface area contributed by atoms with E-state index in [1.54, 1.807) is 56.9 Å². The number of aliphatic hydroxyl groups is 1. The number of aliphatic hydroxyl groups excluding tert-OH is 1. The highest BCUT2D eigenvalue weighted by molar-refractivity contribution is 4.76. The van der Waals surface area contributed by atoms with Crippen molar-refractivity contribution < 1.29 is 57.2 Å². The Hall–Kier alpha value is -0.480. The van der Waals surface area contributed by atoms with Crippen LogP contribution in [0.5, 0.6) is 0 Å². The van der Waals surface area contributed by atoms with Crippen LogP contribution in [0.2, 0.25) is 0 Å². The first-order valence-corrected chi connectivity index (χ1v) is 48.0. The molecule has 1 unspecified atom stereocenters. The van der Waals surface area contributed by atoms with E-state index in [1.807, 2.05) is 6.92 Å². The first-order chi connectivity index (χ1) is 53.7. The van der Waals surface area contributed by atoms with Crippen molar-refractivity contribution in [2.75, 3.05) is 149 Å². The SMILES string of the molecule is CC(C)(C)CC1CCOCC1.CC(C)(C)CCC1CC1.CC(C)(C)CCO.CCCCC(C)(C)C.CCOCCC(C)(C)C.COC(C)CCC(C)(C)C.COCCC(C)(C)C.COCCC(C)(C)C.COCCCC(C)(C)C.COCCCC(C)(C)C.COCCCCC(C)(C)C.COCCCCC(C)(C)C.COCCOCCC(C)(C)C. The van der Waals surface area contributed by atoms with E-state index in [0.717, 1.165) is 117 Å². The van der Waals surface area contributed by atoms with Gasteiger partial charge in [-0.05, 0) is 231 Å². The van der Waals surface area contributed by atoms with Crippen LogP contribution < -0.4 is 0 Å². The van der Waals surface area contributed by atoms with E-state index in [-0.39, 0.29) is 0 Å². The first-order valence-electron chi connectivity index (χ1n) is 48.0. The zero-order valence-electron chi connectivity index (χ0n) is 92.2. The van der Waals surface area contributed by atoms with Gasteiger partial charge in [-0.1, -0.05) is 315 Å². The summed E-state index contributed by atoms with van der Waals surface area (Å²) in [4.78, 5) is 0. The van der Waals surface area contributed by atoms with E-state index in [9.17, 15) is 0 Å². The van der Waals surface area contributed by atoms with Gasteiger partial charge in [-0.2, -0.15) is 0 Å². The summed E-state index contributed by atoms with van der Waals surface area (Å²) in [5.74, 6) is 2.04. The van der Waals surface area contributed by atoms with Crippen molar-refractivity contribution in [2.45, 2.75) is 470 Å². The number of methoxy groups -OCH3 is 8. The molecule has 12 nitrogen and oxygen atoms in total. The molecule has 1 saturated heterocycles. The molecule has 0 amide bonds. The molecule has 1 atom stereocenters. The fraction of sp³-hybridized carbons (Fsp3) is 1.00.